The Kier molecular flexibility index (Phi) is 12.4. The van der Waals surface area contributed by atoms with Gasteiger partial charge in [0.2, 0.25) is 21.9 Å². The zero-order valence-electron chi connectivity index (χ0n) is 28.7. The molecule has 2 amide bonds. The number of fused-ring (bicyclic) bond motifs is 1. The third-order valence-corrected chi connectivity index (χ3v) is 11.7. The molecule has 1 fully saturated rings. The van der Waals surface area contributed by atoms with E-state index in [1.807, 2.05) is 0 Å². The normalized spacial score (nSPS) is 15.8. The number of alkyl carbamates (subject to hydrolysis) is 1. The summed E-state index contributed by atoms with van der Waals surface area (Å²) in [5, 5.41) is 4.66. The first-order valence-electron chi connectivity index (χ1n) is 16.5. The van der Waals surface area contributed by atoms with Crippen molar-refractivity contribution in [2.24, 2.45) is 5.92 Å². The Morgan fingerprint density at radius 2 is 1.60 bits per heavy atom. The first-order chi connectivity index (χ1) is 25.1. The molecule has 284 valence electrons. The highest BCUT2D eigenvalue weighted by atomic mass is 32.2. The number of ether oxygens (including phenoxy) is 2. The smallest absolute Gasteiger partial charge is 0.407 e. The average Bonchev–Trinajstić information content (AvgIpc) is 3.61. The first kappa shape index (κ1) is 39.6. The van der Waals surface area contributed by atoms with Crippen molar-refractivity contribution in [3.8, 4) is 0 Å². The number of benzene rings is 3. The van der Waals surface area contributed by atoms with Gasteiger partial charge in [0.15, 0.2) is 0 Å². The number of sulfonamides is 1. The van der Waals surface area contributed by atoms with Crippen molar-refractivity contribution in [1.82, 2.24) is 19.9 Å². The maximum absolute atomic E-state index is 15.7. The van der Waals surface area contributed by atoms with Crippen molar-refractivity contribution in [3.05, 3.63) is 95.5 Å². The standard InChI is InChI=1S/C36H38F4N4O7S2/c1-50-33(46)28(44(20-23-18-36(39,40)19-23)53(48,49)26-13-14-27-29(17-26)52-22-42-27)15-16-35(37,38)21-41-32(45)31(43-34(47)51-2)30(24-9-5-3-6-10-24)25-11-7-4-8-12-25/h3-14,17,22-23,28,30-31H,15-16,18-21H2,1-2H3,(H,41,45)(H,43,47)/t28-,31-/m0/s1. The van der Waals surface area contributed by atoms with Crippen LogP contribution >= 0.6 is 11.3 Å². The van der Waals surface area contributed by atoms with E-state index < -0.39 is 103 Å². The summed E-state index contributed by atoms with van der Waals surface area (Å²) < 4.78 is 97.8. The average molecular weight is 779 g/mol. The van der Waals surface area contributed by atoms with Crippen LogP contribution in [0.3, 0.4) is 0 Å². The van der Waals surface area contributed by atoms with Crippen LogP contribution in [0, 0.1) is 5.92 Å². The van der Waals surface area contributed by atoms with Crippen molar-refractivity contribution in [3.63, 3.8) is 0 Å². The third-order valence-electron chi connectivity index (χ3n) is 9.04. The molecule has 3 aromatic carbocycles. The molecule has 1 heterocycles. The largest absolute Gasteiger partial charge is 0.468 e. The minimum Gasteiger partial charge on any atom is -0.468 e. The molecule has 4 aromatic rings. The number of hydrogen-bond donors (Lipinski definition) is 2. The molecular weight excluding hydrogens is 741 g/mol. The topological polar surface area (TPSA) is 144 Å². The number of esters is 1. The number of nitrogens with zero attached hydrogens (tertiary/aromatic N) is 2. The first-order valence-corrected chi connectivity index (χ1v) is 18.9. The fourth-order valence-corrected chi connectivity index (χ4v) is 8.86. The van der Waals surface area contributed by atoms with E-state index in [0.717, 1.165) is 25.6 Å². The van der Waals surface area contributed by atoms with Crippen molar-refractivity contribution in [1.29, 1.82) is 0 Å². The molecule has 53 heavy (non-hydrogen) atoms. The summed E-state index contributed by atoms with van der Waals surface area (Å²) in [7, 11) is -2.56. The highest BCUT2D eigenvalue weighted by molar-refractivity contribution is 7.89. The molecule has 0 aliphatic heterocycles. The number of carbonyl (C=O) groups excluding carboxylic acids is 3. The van der Waals surface area contributed by atoms with Gasteiger partial charge in [-0.2, -0.15) is 4.31 Å². The number of amides is 2. The molecule has 0 saturated heterocycles. The van der Waals surface area contributed by atoms with E-state index in [1.54, 1.807) is 60.7 Å². The Balaban J connectivity index is 1.37. The summed E-state index contributed by atoms with van der Waals surface area (Å²) in [6.07, 6.45) is -4.15. The number of carbonyl (C=O) groups is 3. The Hall–Kier alpha value is -4.61. The van der Waals surface area contributed by atoms with Crippen LogP contribution in [0.4, 0.5) is 22.4 Å². The molecule has 0 bridgehead atoms. The maximum atomic E-state index is 15.7. The molecule has 1 saturated carbocycles. The minimum atomic E-state index is -4.61. The Morgan fingerprint density at radius 1 is 0.981 bits per heavy atom. The number of halogens is 4. The molecular formula is C36H38F4N4O7S2. The van der Waals surface area contributed by atoms with E-state index in [0.29, 0.717) is 25.6 Å². The fourth-order valence-electron chi connectivity index (χ4n) is 6.35. The predicted octanol–water partition coefficient (Wildman–Crippen LogP) is 5.96. The van der Waals surface area contributed by atoms with Crippen LogP contribution in [0.15, 0.2) is 89.3 Å². The lowest BCUT2D eigenvalue weighted by Gasteiger charge is -2.39. The van der Waals surface area contributed by atoms with E-state index in [4.69, 9.17) is 9.47 Å². The van der Waals surface area contributed by atoms with Crippen LogP contribution in [-0.4, -0.2) is 86.9 Å². The fraction of sp³-hybridized carbons (Fsp3) is 0.389. The number of aromatic nitrogens is 1. The van der Waals surface area contributed by atoms with Gasteiger partial charge in [0.25, 0.3) is 5.92 Å². The SMILES string of the molecule is COC(=O)N[C@H](C(=O)NCC(F)(F)CC[C@@H](C(=O)OC)N(CC1CC(F)(F)C1)S(=O)(=O)c1ccc2ncsc2c1)C(c1ccccc1)c1ccccc1. The Labute approximate surface area is 307 Å². The van der Waals surface area contributed by atoms with Gasteiger partial charge in [-0.15, -0.1) is 11.3 Å². The lowest BCUT2D eigenvalue weighted by molar-refractivity contribution is -0.147. The predicted molar refractivity (Wildman–Crippen MR) is 188 cm³/mol. The second-order valence-corrected chi connectivity index (χ2v) is 15.5. The van der Waals surface area contributed by atoms with E-state index in [9.17, 15) is 31.6 Å². The Bertz CT molecular complexity index is 1950. The zero-order chi connectivity index (χ0) is 38.4. The van der Waals surface area contributed by atoms with E-state index in [-0.39, 0.29) is 4.90 Å². The van der Waals surface area contributed by atoms with Gasteiger partial charge in [-0.3, -0.25) is 9.59 Å². The highest BCUT2D eigenvalue weighted by Crippen LogP contribution is 2.44. The zero-order valence-corrected chi connectivity index (χ0v) is 30.3. The van der Waals surface area contributed by atoms with Gasteiger partial charge in [-0.1, -0.05) is 60.7 Å². The van der Waals surface area contributed by atoms with Crippen molar-refractivity contribution < 1.29 is 49.8 Å². The monoisotopic (exact) mass is 778 g/mol. The van der Waals surface area contributed by atoms with Crippen LogP contribution in [0.25, 0.3) is 10.2 Å². The van der Waals surface area contributed by atoms with Gasteiger partial charge in [0.1, 0.15) is 12.1 Å². The molecule has 1 aromatic heterocycles. The third kappa shape index (κ3) is 9.69. The van der Waals surface area contributed by atoms with Gasteiger partial charge in [-0.05, 0) is 41.7 Å². The Morgan fingerprint density at radius 3 is 2.17 bits per heavy atom. The summed E-state index contributed by atoms with van der Waals surface area (Å²) in [6, 6.07) is 18.1. The highest BCUT2D eigenvalue weighted by Gasteiger charge is 2.49. The van der Waals surface area contributed by atoms with Crippen molar-refractivity contribution >= 4 is 49.5 Å². The number of alkyl halides is 4. The number of nitrogens with one attached hydrogen (secondary N) is 2. The van der Waals surface area contributed by atoms with Crippen LogP contribution in [0.5, 0.6) is 0 Å². The molecule has 0 spiro atoms. The molecule has 5 rings (SSSR count). The van der Waals surface area contributed by atoms with Gasteiger partial charge in [0, 0.05) is 31.7 Å². The summed E-state index contributed by atoms with van der Waals surface area (Å²) in [4.78, 5) is 43.0. The van der Waals surface area contributed by atoms with Crippen molar-refractivity contribution in [2.45, 2.75) is 60.4 Å². The molecule has 1 aliphatic carbocycles. The molecule has 0 radical (unpaired) electrons. The molecule has 0 unspecified atom stereocenters. The molecule has 11 nitrogen and oxygen atoms in total. The van der Waals surface area contributed by atoms with E-state index in [2.05, 4.69) is 15.6 Å². The van der Waals surface area contributed by atoms with Gasteiger partial charge in [-0.25, -0.2) is 35.8 Å². The van der Waals surface area contributed by atoms with Gasteiger partial charge >= 0.3 is 12.1 Å². The van der Waals surface area contributed by atoms with Crippen LogP contribution in [0.2, 0.25) is 0 Å². The number of methoxy groups -OCH3 is 2. The van der Waals surface area contributed by atoms with Crippen LogP contribution in [0.1, 0.15) is 42.7 Å². The number of rotatable bonds is 16. The minimum absolute atomic E-state index is 0.274. The van der Waals surface area contributed by atoms with E-state index in [1.165, 1.54) is 23.7 Å². The lowest BCUT2D eigenvalue weighted by Crippen LogP contribution is -2.53. The molecule has 2 atom stereocenters. The second kappa shape index (κ2) is 16.6. The lowest BCUT2D eigenvalue weighted by atomic mass is 9.81. The van der Waals surface area contributed by atoms with Crippen molar-refractivity contribution in [2.75, 3.05) is 27.3 Å². The molecule has 2 N–H and O–H groups in total. The maximum Gasteiger partial charge on any atom is 0.407 e. The summed E-state index contributed by atoms with van der Waals surface area (Å²) in [5.41, 5.74) is 3.21. The molecule has 17 heteroatoms. The quantitative estimate of drug-likeness (QED) is 0.105. The van der Waals surface area contributed by atoms with E-state index >= 15 is 8.78 Å². The molecule has 1 aliphatic rings. The second-order valence-electron chi connectivity index (χ2n) is 12.8. The summed E-state index contributed by atoms with van der Waals surface area (Å²) in [6.45, 7) is -1.79. The van der Waals surface area contributed by atoms with Crippen LogP contribution in [-0.2, 0) is 29.1 Å². The number of thiazole rings is 1. The van der Waals surface area contributed by atoms with Crippen LogP contribution < -0.4 is 10.6 Å². The summed E-state index contributed by atoms with van der Waals surface area (Å²) >= 11 is 1.16. The van der Waals surface area contributed by atoms with Gasteiger partial charge in [0.05, 0.1) is 41.4 Å². The van der Waals surface area contributed by atoms with Gasteiger partial charge < -0.3 is 20.1 Å². The number of hydrogen-bond acceptors (Lipinski definition) is 9. The summed E-state index contributed by atoms with van der Waals surface area (Å²) in [5.74, 6) is -10.5.